The fraction of sp³-hybridized carbons (Fsp3) is 0.391. The van der Waals surface area contributed by atoms with E-state index in [0.717, 1.165) is 18.4 Å². The lowest BCUT2D eigenvalue weighted by Crippen LogP contribution is -2.52. The Kier molecular flexibility index (Phi) is 5.10. The standard InChI is InChI=1S/C23H25F2N3O2/c1-13-9-20(30-12-16-17(24)5-4-6-18(16)25)22-27-14(2)21(28(22)11-13)19(29)10-15-7-8-23(15,3)26/h4-6,9,11,15H,7-8,10,12,26H2,1-3H3. The summed E-state index contributed by atoms with van der Waals surface area (Å²) in [7, 11) is 0. The summed E-state index contributed by atoms with van der Waals surface area (Å²) in [4.78, 5) is 17.6. The molecule has 0 aliphatic heterocycles. The van der Waals surface area contributed by atoms with Crippen molar-refractivity contribution in [3.05, 3.63) is 64.6 Å². The number of pyridine rings is 1. The van der Waals surface area contributed by atoms with Gasteiger partial charge < -0.3 is 10.5 Å². The molecule has 2 unspecified atom stereocenters. The number of Topliss-reactive ketones (excluding diaryl/α,β-unsaturated/α-hetero) is 1. The van der Waals surface area contributed by atoms with Crippen LogP contribution in [0.2, 0.25) is 0 Å². The summed E-state index contributed by atoms with van der Waals surface area (Å²) in [6, 6.07) is 5.44. The van der Waals surface area contributed by atoms with Crippen molar-refractivity contribution in [1.82, 2.24) is 9.38 Å². The predicted molar refractivity (Wildman–Crippen MR) is 110 cm³/mol. The lowest BCUT2D eigenvalue weighted by Gasteiger charge is -2.44. The van der Waals surface area contributed by atoms with Gasteiger partial charge in [0.15, 0.2) is 17.2 Å². The Morgan fingerprint density at radius 1 is 1.33 bits per heavy atom. The molecule has 2 atom stereocenters. The van der Waals surface area contributed by atoms with Crippen LogP contribution in [-0.2, 0) is 6.61 Å². The summed E-state index contributed by atoms with van der Waals surface area (Å²) in [6.07, 6.45) is 4.05. The fourth-order valence-electron chi connectivity index (χ4n) is 4.08. The molecule has 0 amide bonds. The Labute approximate surface area is 173 Å². The lowest BCUT2D eigenvalue weighted by molar-refractivity contribution is 0.0826. The molecule has 0 bridgehead atoms. The van der Waals surface area contributed by atoms with Gasteiger partial charge in [-0.3, -0.25) is 9.20 Å². The van der Waals surface area contributed by atoms with Crippen molar-refractivity contribution in [2.75, 3.05) is 0 Å². The molecule has 5 nitrogen and oxygen atoms in total. The maximum absolute atomic E-state index is 13.9. The van der Waals surface area contributed by atoms with E-state index in [1.54, 1.807) is 17.4 Å². The van der Waals surface area contributed by atoms with E-state index in [2.05, 4.69) is 4.98 Å². The number of benzene rings is 1. The van der Waals surface area contributed by atoms with Crippen LogP contribution in [0.4, 0.5) is 8.78 Å². The molecule has 2 heterocycles. The minimum Gasteiger partial charge on any atom is -0.485 e. The lowest BCUT2D eigenvalue weighted by atomic mass is 9.66. The molecule has 1 saturated carbocycles. The molecule has 2 N–H and O–H groups in total. The van der Waals surface area contributed by atoms with Gasteiger partial charge in [0.2, 0.25) is 0 Å². The molecular weight excluding hydrogens is 388 g/mol. The highest BCUT2D eigenvalue weighted by molar-refractivity contribution is 5.97. The molecule has 4 rings (SSSR count). The monoisotopic (exact) mass is 413 g/mol. The Hall–Kier alpha value is -2.80. The fourth-order valence-corrected chi connectivity index (χ4v) is 4.08. The van der Waals surface area contributed by atoms with Crippen molar-refractivity contribution in [1.29, 1.82) is 0 Å². The number of carbonyl (C=O) groups is 1. The SMILES string of the molecule is Cc1cc(OCc2c(F)cccc2F)c2nc(C)c(C(=O)CC3CCC3(C)N)n2c1. The number of fused-ring (bicyclic) bond motifs is 1. The van der Waals surface area contributed by atoms with E-state index >= 15 is 0 Å². The van der Waals surface area contributed by atoms with Crippen LogP contribution in [0.3, 0.4) is 0 Å². The highest BCUT2D eigenvalue weighted by Gasteiger charge is 2.40. The third-order valence-electron chi connectivity index (χ3n) is 6.09. The van der Waals surface area contributed by atoms with Crippen LogP contribution in [0.5, 0.6) is 5.75 Å². The Bertz CT molecular complexity index is 1120. The summed E-state index contributed by atoms with van der Waals surface area (Å²) < 4.78 is 35.4. The largest absolute Gasteiger partial charge is 0.485 e. The van der Waals surface area contributed by atoms with E-state index < -0.39 is 11.6 Å². The van der Waals surface area contributed by atoms with E-state index in [9.17, 15) is 13.6 Å². The number of rotatable bonds is 6. The summed E-state index contributed by atoms with van der Waals surface area (Å²) >= 11 is 0. The molecule has 7 heteroatoms. The highest BCUT2D eigenvalue weighted by Crippen LogP contribution is 2.39. The second-order valence-electron chi connectivity index (χ2n) is 8.48. The molecule has 1 fully saturated rings. The van der Waals surface area contributed by atoms with Crippen LogP contribution in [0.15, 0.2) is 30.5 Å². The van der Waals surface area contributed by atoms with Crippen LogP contribution in [0.25, 0.3) is 5.65 Å². The molecule has 0 saturated heterocycles. The van der Waals surface area contributed by atoms with E-state index in [1.807, 2.05) is 20.0 Å². The Morgan fingerprint density at radius 3 is 2.63 bits per heavy atom. The van der Waals surface area contributed by atoms with Crippen LogP contribution >= 0.6 is 0 Å². The number of aromatic nitrogens is 2. The van der Waals surface area contributed by atoms with Crippen molar-refractivity contribution in [2.45, 2.75) is 52.2 Å². The molecular formula is C23H25F2N3O2. The minimum absolute atomic E-state index is 0.0157. The molecule has 2 aromatic heterocycles. The number of ketones is 1. The van der Waals surface area contributed by atoms with Gasteiger partial charge in [-0.2, -0.15) is 0 Å². The molecule has 1 aliphatic carbocycles. The first-order valence-electron chi connectivity index (χ1n) is 10.0. The van der Waals surface area contributed by atoms with Gasteiger partial charge in [-0.25, -0.2) is 13.8 Å². The zero-order chi connectivity index (χ0) is 21.6. The van der Waals surface area contributed by atoms with E-state index in [4.69, 9.17) is 10.5 Å². The molecule has 0 spiro atoms. The Balaban J connectivity index is 1.66. The Morgan fingerprint density at radius 2 is 2.03 bits per heavy atom. The van der Waals surface area contributed by atoms with Crippen molar-refractivity contribution < 1.29 is 18.3 Å². The number of halogens is 2. The highest BCUT2D eigenvalue weighted by atomic mass is 19.1. The van der Waals surface area contributed by atoms with Gasteiger partial charge in [-0.1, -0.05) is 6.07 Å². The van der Waals surface area contributed by atoms with Gasteiger partial charge >= 0.3 is 0 Å². The number of carbonyl (C=O) groups excluding carboxylic acids is 1. The van der Waals surface area contributed by atoms with Crippen LogP contribution in [-0.4, -0.2) is 20.7 Å². The average molecular weight is 413 g/mol. The first kappa shape index (κ1) is 20.5. The molecule has 1 aromatic carbocycles. The summed E-state index contributed by atoms with van der Waals surface area (Å²) in [5, 5.41) is 0. The van der Waals surface area contributed by atoms with Crippen LogP contribution in [0.1, 0.15) is 53.5 Å². The first-order valence-corrected chi connectivity index (χ1v) is 10.0. The molecule has 1 aliphatic rings. The number of hydrogen-bond acceptors (Lipinski definition) is 4. The minimum atomic E-state index is -0.667. The number of nitrogens with two attached hydrogens (primary N) is 1. The van der Waals surface area contributed by atoms with Crippen LogP contribution in [0, 0.1) is 31.4 Å². The summed E-state index contributed by atoms with van der Waals surface area (Å²) in [5.74, 6) is -0.830. The first-order chi connectivity index (χ1) is 14.2. The molecule has 3 aromatic rings. The smallest absolute Gasteiger partial charge is 0.181 e. The zero-order valence-electron chi connectivity index (χ0n) is 17.3. The number of ether oxygens (including phenoxy) is 1. The second kappa shape index (κ2) is 7.47. The maximum atomic E-state index is 13.9. The van der Waals surface area contributed by atoms with E-state index in [-0.39, 0.29) is 29.4 Å². The van der Waals surface area contributed by atoms with Crippen molar-refractivity contribution in [2.24, 2.45) is 11.7 Å². The van der Waals surface area contributed by atoms with Gasteiger partial charge in [-0.15, -0.1) is 0 Å². The van der Waals surface area contributed by atoms with Crippen molar-refractivity contribution >= 4 is 11.4 Å². The van der Waals surface area contributed by atoms with Crippen LogP contribution < -0.4 is 10.5 Å². The predicted octanol–water partition coefficient (Wildman–Crippen LogP) is 4.51. The molecule has 158 valence electrons. The van der Waals surface area contributed by atoms with Gasteiger partial charge in [0, 0.05) is 18.2 Å². The van der Waals surface area contributed by atoms with Gasteiger partial charge in [-0.05, 0) is 63.3 Å². The third kappa shape index (κ3) is 3.58. The van der Waals surface area contributed by atoms with Gasteiger partial charge in [0.05, 0.1) is 11.3 Å². The maximum Gasteiger partial charge on any atom is 0.181 e. The van der Waals surface area contributed by atoms with Crippen molar-refractivity contribution in [3.8, 4) is 5.75 Å². The number of aryl methyl sites for hydroxylation is 2. The topological polar surface area (TPSA) is 69.6 Å². The second-order valence-corrected chi connectivity index (χ2v) is 8.48. The normalized spacial score (nSPS) is 20.9. The summed E-state index contributed by atoms with van der Waals surface area (Å²) in [6.45, 7) is 5.34. The number of imidazole rings is 1. The molecule has 30 heavy (non-hydrogen) atoms. The molecule has 0 radical (unpaired) electrons. The van der Waals surface area contributed by atoms with Crippen molar-refractivity contribution in [3.63, 3.8) is 0 Å². The van der Waals surface area contributed by atoms with Gasteiger partial charge in [0.1, 0.15) is 23.9 Å². The zero-order valence-corrected chi connectivity index (χ0v) is 17.3. The number of nitrogens with zero attached hydrogens (tertiary/aromatic N) is 2. The third-order valence-corrected chi connectivity index (χ3v) is 6.09. The van der Waals surface area contributed by atoms with Gasteiger partial charge in [0.25, 0.3) is 0 Å². The van der Waals surface area contributed by atoms with E-state index in [1.165, 1.54) is 18.2 Å². The summed E-state index contributed by atoms with van der Waals surface area (Å²) in [5.41, 5.74) is 8.14. The average Bonchev–Trinajstić information content (AvgIpc) is 3.00. The quantitative estimate of drug-likeness (QED) is 0.604. The van der Waals surface area contributed by atoms with E-state index in [0.29, 0.717) is 29.2 Å². The number of hydrogen-bond donors (Lipinski definition) is 1.